The van der Waals surface area contributed by atoms with Crippen molar-refractivity contribution in [3.63, 3.8) is 0 Å². The summed E-state index contributed by atoms with van der Waals surface area (Å²) in [5, 5.41) is 22.8. The first kappa shape index (κ1) is 13.6. The van der Waals surface area contributed by atoms with Gasteiger partial charge >= 0.3 is 0 Å². The van der Waals surface area contributed by atoms with Crippen molar-refractivity contribution in [2.24, 2.45) is 0 Å². The van der Waals surface area contributed by atoms with Crippen molar-refractivity contribution in [2.75, 3.05) is 0 Å². The Morgan fingerprint density at radius 3 is 2.45 bits per heavy atom. The fourth-order valence-electron chi connectivity index (χ4n) is 1.98. The number of carbonyl (C=O) groups is 1. The molecule has 0 unspecified atom stereocenters. The maximum absolute atomic E-state index is 11.5. The van der Waals surface area contributed by atoms with Crippen LogP contribution in [0.5, 0.6) is 0 Å². The summed E-state index contributed by atoms with van der Waals surface area (Å²) in [7, 11) is 0. The van der Waals surface area contributed by atoms with Crippen LogP contribution in [0, 0.1) is 15.5 Å². The van der Waals surface area contributed by atoms with E-state index in [1.54, 1.807) is 24.3 Å². The van der Waals surface area contributed by atoms with Crippen LogP contribution >= 0.6 is 0 Å². The van der Waals surface area contributed by atoms with E-state index in [1.807, 2.05) is 0 Å². The quantitative estimate of drug-likeness (QED) is 0.453. The first-order valence-electron chi connectivity index (χ1n) is 6.26. The molecule has 8 nitrogen and oxygen atoms in total. The van der Waals surface area contributed by atoms with Gasteiger partial charge in [0.15, 0.2) is 5.96 Å². The molecule has 1 amide bonds. The lowest BCUT2D eigenvalue weighted by molar-refractivity contribution is -0.384. The van der Waals surface area contributed by atoms with E-state index in [0.29, 0.717) is 17.1 Å². The van der Waals surface area contributed by atoms with Crippen LogP contribution in [0.25, 0.3) is 17.4 Å². The first-order valence-corrected chi connectivity index (χ1v) is 6.26. The number of nitrogens with zero attached hydrogens (tertiary/aromatic N) is 1. The van der Waals surface area contributed by atoms with Gasteiger partial charge in [-0.25, -0.2) is 0 Å². The van der Waals surface area contributed by atoms with Crippen LogP contribution in [-0.4, -0.2) is 16.8 Å². The van der Waals surface area contributed by atoms with Gasteiger partial charge in [-0.05, 0) is 24.3 Å². The Morgan fingerprint density at radius 2 is 1.86 bits per heavy atom. The number of non-ortho nitro benzene ring substituents is 1. The van der Waals surface area contributed by atoms with Gasteiger partial charge in [0.05, 0.1) is 4.92 Å². The van der Waals surface area contributed by atoms with Crippen LogP contribution < -0.4 is 10.6 Å². The number of nitro benzene ring substituents is 1. The highest BCUT2D eigenvalue weighted by molar-refractivity contribution is 6.14. The predicted molar refractivity (Wildman–Crippen MR) is 77.8 cm³/mol. The molecule has 1 aliphatic rings. The second-order valence-corrected chi connectivity index (χ2v) is 4.52. The monoisotopic (exact) mass is 298 g/mol. The molecule has 0 spiro atoms. The van der Waals surface area contributed by atoms with Gasteiger partial charge < -0.3 is 9.73 Å². The average Bonchev–Trinajstić information content (AvgIpc) is 3.06. The minimum Gasteiger partial charge on any atom is -0.457 e. The maximum Gasteiger partial charge on any atom is 0.274 e. The Bertz CT molecular complexity index is 805. The Balaban J connectivity index is 1.85. The standard InChI is InChI=1S/C14H10N4O4/c15-14-16-11(13(19)17-14)7-10-5-6-12(22-10)8-1-3-9(4-2-8)18(20)21/h1-7H,(H3,15,16,17,19)/b11-7+. The van der Waals surface area contributed by atoms with Gasteiger partial charge in [-0.1, -0.05) is 0 Å². The summed E-state index contributed by atoms with van der Waals surface area (Å²) in [6.07, 6.45) is 1.48. The number of amides is 1. The van der Waals surface area contributed by atoms with Crippen LogP contribution in [0.2, 0.25) is 0 Å². The third-order valence-electron chi connectivity index (χ3n) is 3.02. The van der Waals surface area contributed by atoms with Gasteiger partial charge in [0.1, 0.15) is 17.2 Å². The molecule has 0 saturated carbocycles. The molecule has 0 radical (unpaired) electrons. The molecule has 8 heteroatoms. The summed E-state index contributed by atoms with van der Waals surface area (Å²) in [5.41, 5.74) is 0.907. The molecule has 2 aromatic rings. The molecular weight excluding hydrogens is 288 g/mol. The summed E-state index contributed by atoms with van der Waals surface area (Å²) < 4.78 is 5.58. The van der Waals surface area contributed by atoms with Crippen LogP contribution in [0.15, 0.2) is 46.5 Å². The third kappa shape index (κ3) is 2.57. The van der Waals surface area contributed by atoms with Crippen molar-refractivity contribution >= 4 is 23.6 Å². The number of rotatable bonds is 3. The van der Waals surface area contributed by atoms with E-state index < -0.39 is 10.8 Å². The number of nitro groups is 1. The lowest BCUT2D eigenvalue weighted by Crippen LogP contribution is -2.23. The molecule has 2 heterocycles. The number of hydrogen-bond donors (Lipinski definition) is 3. The average molecular weight is 298 g/mol. The summed E-state index contributed by atoms with van der Waals surface area (Å²) in [6, 6.07) is 9.33. The number of nitrogens with one attached hydrogen (secondary N) is 3. The normalized spacial score (nSPS) is 15.7. The molecule has 0 aliphatic carbocycles. The van der Waals surface area contributed by atoms with Crippen molar-refractivity contribution in [2.45, 2.75) is 0 Å². The Kier molecular flexibility index (Phi) is 3.18. The SMILES string of the molecule is N=C1NC(=O)/C(=C\c2ccc(-c3ccc([N+](=O)[O-])cc3)o2)N1. The molecule has 3 N–H and O–H groups in total. The largest absolute Gasteiger partial charge is 0.457 e. The van der Waals surface area contributed by atoms with Crippen LogP contribution in [0.4, 0.5) is 5.69 Å². The van der Waals surface area contributed by atoms with Gasteiger partial charge in [-0.2, -0.15) is 0 Å². The van der Waals surface area contributed by atoms with E-state index in [4.69, 9.17) is 9.83 Å². The predicted octanol–water partition coefficient (Wildman–Crippen LogP) is 1.85. The first-order chi connectivity index (χ1) is 10.5. The van der Waals surface area contributed by atoms with Crippen molar-refractivity contribution in [3.8, 4) is 11.3 Å². The van der Waals surface area contributed by atoms with Crippen LogP contribution in [0.1, 0.15) is 5.76 Å². The van der Waals surface area contributed by atoms with E-state index in [9.17, 15) is 14.9 Å². The zero-order chi connectivity index (χ0) is 15.7. The van der Waals surface area contributed by atoms with E-state index in [-0.39, 0.29) is 17.3 Å². The zero-order valence-electron chi connectivity index (χ0n) is 11.1. The van der Waals surface area contributed by atoms with Gasteiger partial charge in [-0.15, -0.1) is 0 Å². The lowest BCUT2D eigenvalue weighted by Gasteiger charge is -1.97. The van der Waals surface area contributed by atoms with Crippen LogP contribution in [-0.2, 0) is 4.79 Å². The molecule has 1 aromatic carbocycles. The number of benzene rings is 1. The van der Waals surface area contributed by atoms with Gasteiger partial charge in [0, 0.05) is 23.8 Å². The number of carbonyl (C=O) groups excluding carboxylic acids is 1. The Labute approximate surface area is 124 Å². The highest BCUT2D eigenvalue weighted by Gasteiger charge is 2.20. The molecule has 3 rings (SSSR count). The minimum atomic E-state index is -0.471. The number of guanidine groups is 1. The summed E-state index contributed by atoms with van der Waals surface area (Å²) in [4.78, 5) is 21.6. The van der Waals surface area contributed by atoms with Crippen molar-refractivity contribution in [1.29, 1.82) is 5.41 Å². The zero-order valence-corrected chi connectivity index (χ0v) is 11.1. The van der Waals surface area contributed by atoms with Gasteiger partial charge in [0.2, 0.25) is 0 Å². The fourth-order valence-corrected chi connectivity index (χ4v) is 1.98. The molecule has 1 fully saturated rings. The van der Waals surface area contributed by atoms with E-state index in [0.717, 1.165) is 0 Å². The highest BCUT2D eigenvalue weighted by atomic mass is 16.6. The van der Waals surface area contributed by atoms with E-state index >= 15 is 0 Å². The van der Waals surface area contributed by atoms with Crippen molar-refractivity contribution in [3.05, 3.63) is 58.0 Å². The number of hydrogen-bond acceptors (Lipinski definition) is 5. The van der Waals surface area contributed by atoms with E-state index in [1.165, 1.54) is 18.2 Å². The number of furan rings is 1. The summed E-state index contributed by atoms with van der Waals surface area (Å²) >= 11 is 0. The topological polar surface area (TPSA) is 121 Å². The second kappa shape index (κ2) is 5.17. The molecule has 1 aliphatic heterocycles. The Morgan fingerprint density at radius 1 is 1.14 bits per heavy atom. The van der Waals surface area contributed by atoms with Crippen molar-refractivity contribution < 1.29 is 14.1 Å². The molecular formula is C14H10N4O4. The second-order valence-electron chi connectivity index (χ2n) is 4.52. The minimum absolute atomic E-state index is 0.00277. The molecule has 110 valence electrons. The molecule has 0 bridgehead atoms. The maximum atomic E-state index is 11.5. The summed E-state index contributed by atoms with van der Waals surface area (Å²) in [6.45, 7) is 0. The Hall–Kier alpha value is -3.42. The summed E-state index contributed by atoms with van der Waals surface area (Å²) in [5.74, 6) is 0.465. The molecule has 22 heavy (non-hydrogen) atoms. The highest BCUT2D eigenvalue weighted by Crippen LogP contribution is 2.25. The third-order valence-corrected chi connectivity index (χ3v) is 3.02. The van der Waals surface area contributed by atoms with Gasteiger partial charge in [0.25, 0.3) is 11.6 Å². The molecule has 1 aromatic heterocycles. The lowest BCUT2D eigenvalue weighted by atomic mass is 10.1. The van der Waals surface area contributed by atoms with Crippen molar-refractivity contribution in [1.82, 2.24) is 10.6 Å². The fraction of sp³-hybridized carbons (Fsp3) is 0. The van der Waals surface area contributed by atoms with Gasteiger partial charge in [-0.3, -0.25) is 25.6 Å². The smallest absolute Gasteiger partial charge is 0.274 e. The van der Waals surface area contributed by atoms with Crippen LogP contribution in [0.3, 0.4) is 0 Å². The molecule has 0 atom stereocenters. The van der Waals surface area contributed by atoms with E-state index in [2.05, 4.69) is 10.6 Å². The molecule has 1 saturated heterocycles.